The summed E-state index contributed by atoms with van der Waals surface area (Å²) >= 11 is 0. The van der Waals surface area contributed by atoms with E-state index in [9.17, 15) is 14.7 Å². The van der Waals surface area contributed by atoms with Crippen molar-refractivity contribution in [2.24, 2.45) is 5.92 Å². The minimum absolute atomic E-state index is 0.159. The maximum atomic E-state index is 11.8. The molecule has 0 unspecified atom stereocenters. The largest absolute Gasteiger partial charge is 0.465 e. The number of ether oxygens (including phenoxy) is 2. The number of benzene rings is 3. The maximum absolute atomic E-state index is 11.8. The second-order valence-electron chi connectivity index (χ2n) is 7.27. The minimum Gasteiger partial charge on any atom is -0.465 e. The summed E-state index contributed by atoms with van der Waals surface area (Å²) in [5.74, 6) is -1.05. The number of fused-ring (bicyclic) bond motifs is 1. The molecule has 29 heavy (non-hydrogen) atoms. The van der Waals surface area contributed by atoms with Crippen molar-refractivity contribution < 1.29 is 24.2 Å². The van der Waals surface area contributed by atoms with Gasteiger partial charge in [0.2, 0.25) is 0 Å². The van der Waals surface area contributed by atoms with Crippen LogP contribution in [0, 0.1) is 5.92 Å². The van der Waals surface area contributed by atoms with E-state index in [-0.39, 0.29) is 30.6 Å². The predicted octanol–water partition coefficient (Wildman–Crippen LogP) is 3.76. The van der Waals surface area contributed by atoms with Crippen molar-refractivity contribution in [3.05, 3.63) is 71.8 Å². The molecular formula is C24H22O5. The number of carbonyl (C=O) groups is 2. The number of rotatable bonds is 6. The Morgan fingerprint density at radius 2 is 1.83 bits per heavy atom. The smallest absolute Gasteiger partial charge is 0.337 e. The quantitative estimate of drug-likeness (QED) is 0.649. The van der Waals surface area contributed by atoms with Crippen LogP contribution in [0.2, 0.25) is 0 Å². The molecule has 1 fully saturated rings. The van der Waals surface area contributed by atoms with E-state index in [1.54, 1.807) is 6.07 Å². The number of hydrogen-bond donors (Lipinski definition) is 1. The van der Waals surface area contributed by atoms with Crippen molar-refractivity contribution >= 4 is 22.7 Å². The number of esters is 2. The van der Waals surface area contributed by atoms with E-state index in [1.165, 1.54) is 7.11 Å². The van der Waals surface area contributed by atoms with E-state index < -0.39 is 0 Å². The molecular weight excluding hydrogens is 368 g/mol. The third kappa shape index (κ3) is 3.87. The van der Waals surface area contributed by atoms with Crippen LogP contribution in [0.1, 0.15) is 22.3 Å². The summed E-state index contributed by atoms with van der Waals surface area (Å²) in [5.41, 5.74) is 3.81. The summed E-state index contributed by atoms with van der Waals surface area (Å²) in [5, 5.41) is 11.3. The lowest BCUT2D eigenvalue weighted by Crippen LogP contribution is -2.47. The molecule has 0 bridgehead atoms. The van der Waals surface area contributed by atoms with Crippen LogP contribution in [-0.4, -0.2) is 36.9 Å². The zero-order chi connectivity index (χ0) is 20.4. The van der Waals surface area contributed by atoms with Gasteiger partial charge >= 0.3 is 11.9 Å². The molecule has 0 amide bonds. The lowest BCUT2D eigenvalue weighted by atomic mass is 9.91. The average molecular weight is 390 g/mol. The third-order valence-electron chi connectivity index (χ3n) is 5.45. The highest BCUT2D eigenvalue weighted by Gasteiger charge is 2.41. The molecule has 5 nitrogen and oxygen atoms in total. The molecule has 1 N–H and O–H groups in total. The van der Waals surface area contributed by atoms with Crippen LogP contribution in [-0.2, 0) is 20.7 Å². The maximum Gasteiger partial charge on any atom is 0.337 e. The second kappa shape index (κ2) is 8.05. The van der Waals surface area contributed by atoms with Crippen LogP contribution in [0.25, 0.3) is 21.9 Å². The summed E-state index contributed by atoms with van der Waals surface area (Å²) in [7, 11) is 1.38. The van der Waals surface area contributed by atoms with Crippen molar-refractivity contribution in [2.75, 3.05) is 13.7 Å². The van der Waals surface area contributed by atoms with Gasteiger partial charge in [-0.25, -0.2) is 4.79 Å². The SMILES string of the molecule is COC(=O)c1ccc2ccc(-c3cccc(CC[C@H]4OC(=O)[C@@H]4CO)c3)cc2c1. The van der Waals surface area contributed by atoms with Gasteiger partial charge in [-0.1, -0.05) is 42.5 Å². The summed E-state index contributed by atoms with van der Waals surface area (Å²) < 4.78 is 9.94. The normalized spacial score (nSPS) is 18.2. The highest BCUT2D eigenvalue weighted by atomic mass is 16.6. The first-order chi connectivity index (χ1) is 14.1. The van der Waals surface area contributed by atoms with E-state index in [2.05, 4.69) is 24.3 Å². The Hall–Kier alpha value is -3.18. The standard InChI is InChI=1S/C24H22O5/c1-28-23(26)19-9-7-16-6-8-18(12-20(16)13-19)17-4-2-3-15(11-17)5-10-22-21(14-25)24(27)29-22/h2-4,6-9,11-13,21-22,25H,5,10,14H2,1H3/t21-,22-/m1/s1. The summed E-state index contributed by atoms with van der Waals surface area (Å²) in [6, 6.07) is 19.9. The van der Waals surface area contributed by atoms with E-state index in [1.807, 2.05) is 30.3 Å². The molecule has 1 aliphatic rings. The number of aryl methyl sites for hydroxylation is 1. The topological polar surface area (TPSA) is 72.8 Å². The Balaban J connectivity index is 1.55. The zero-order valence-electron chi connectivity index (χ0n) is 16.1. The van der Waals surface area contributed by atoms with Crippen LogP contribution < -0.4 is 0 Å². The van der Waals surface area contributed by atoms with Crippen molar-refractivity contribution in [3.8, 4) is 11.1 Å². The zero-order valence-corrected chi connectivity index (χ0v) is 16.1. The van der Waals surface area contributed by atoms with Crippen molar-refractivity contribution in [3.63, 3.8) is 0 Å². The molecule has 148 valence electrons. The van der Waals surface area contributed by atoms with Crippen LogP contribution >= 0.6 is 0 Å². The molecule has 5 heteroatoms. The first-order valence-electron chi connectivity index (χ1n) is 9.62. The van der Waals surface area contributed by atoms with Gasteiger partial charge in [-0.05, 0) is 58.5 Å². The van der Waals surface area contributed by atoms with E-state index in [0.717, 1.165) is 33.9 Å². The Kier molecular flexibility index (Phi) is 5.32. The van der Waals surface area contributed by atoms with Gasteiger partial charge < -0.3 is 14.6 Å². The molecule has 0 saturated carbocycles. The van der Waals surface area contributed by atoms with Crippen molar-refractivity contribution in [1.82, 2.24) is 0 Å². The number of carbonyl (C=O) groups excluding carboxylic acids is 2. The molecule has 3 aromatic carbocycles. The monoisotopic (exact) mass is 390 g/mol. The molecule has 3 aromatic rings. The van der Waals surface area contributed by atoms with Crippen LogP contribution in [0.15, 0.2) is 60.7 Å². The van der Waals surface area contributed by atoms with Gasteiger partial charge in [-0.3, -0.25) is 4.79 Å². The van der Waals surface area contributed by atoms with Crippen LogP contribution in [0.5, 0.6) is 0 Å². The van der Waals surface area contributed by atoms with E-state index >= 15 is 0 Å². The number of methoxy groups -OCH3 is 1. The number of hydrogen-bond acceptors (Lipinski definition) is 5. The summed E-state index contributed by atoms with van der Waals surface area (Å²) in [6.07, 6.45) is 1.26. The molecule has 1 aliphatic heterocycles. The summed E-state index contributed by atoms with van der Waals surface area (Å²) in [4.78, 5) is 23.1. The van der Waals surface area contributed by atoms with Gasteiger partial charge in [-0.2, -0.15) is 0 Å². The van der Waals surface area contributed by atoms with Gasteiger partial charge in [0.1, 0.15) is 12.0 Å². The molecule has 2 atom stereocenters. The van der Waals surface area contributed by atoms with Crippen LogP contribution in [0.3, 0.4) is 0 Å². The first kappa shape index (κ1) is 19.2. The fourth-order valence-corrected chi connectivity index (χ4v) is 3.74. The van der Waals surface area contributed by atoms with Gasteiger partial charge in [0, 0.05) is 0 Å². The fourth-order valence-electron chi connectivity index (χ4n) is 3.74. The number of aliphatic hydroxyl groups excluding tert-OH is 1. The molecule has 0 radical (unpaired) electrons. The highest BCUT2D eigenvalue weighted by Crippen LogP contribution is 2.29. The lowest BCUT2D eigenvalue weighted by molar-refractivity contribution is -0.188. The Labute approximate surface area is 168 Å². The predicted molar refractivity (Wildman–Crippen MR) is 110 cm³/mol. The molecule has 0 aliphatic carbocycles. The van der Waals surface area contributed by atoms with E-state index in [0.29, 0.717) is 12.0 Å². The Bertz CT molecular complexity index is 1070. The summed E-state index contributed by atoms with van der Waals surface area (Å²) in [6.45, 7) is -0.159. The highest BCUT2D eigenvalue weighted by molar-refractivity contribution is 5.96. The third-order valence-corrected chi connectivity index (χ3v) is 5.45. The number of cyclic esters (lactones) is 1. The second-order valence-corrected chi connectivity index (χ2v) is 7.27. The van der Waals surface area contributed by atoms with Gasteiger partial charge in [-0.15, -0.1) is 0 Å². The lowest BCUT2D eigenvalue weighted by Gasteiger charge is -2.33. The van der Waals surface area contributed by atoms with Crippen molar-refractivity contribution in [1.29, 1.82) is 0 Å². The van der Waals surface area contributed by atoms with Crippen LogP contribution in [0.4, 0.5) is 0 Å². The molecule has 4 rings (SSSR count). The average Bonchev–Trinajstić information content (AvgIpc) is 2.75. The molecule has 0 aromatic heterocycles. The van der Waals surface area contributed by atoms with Gasteiger partial charge in [0.15, 0.2) is 0 Å². The van der Waals surface area contributed by atoms with Crippen molar-refractivity contribution in [2.45, 2.75) is 18.9 Å². The molecule has 1 saturated heterocycles. The molecule has 0 spiro atoms. The first-order valence-corrected chi connectivity index (χ1v) is 9.62. The fraction of sp³-hybridized carbons (Fsp3) is 0.250. The van der Waals surface area contributed by atoms with Gasteiger partial charge in [0.05, 0.1) is 19.3 Å². The molecule has 1 heterocycles. The Morgan fingerprint density at radius 1 is 1.03 bits per heavy atom. The van der Waals surface area contributed by atoms with Gasteiger partial charge in [0.25, 0.3) is 0 Å². The number of aliphatic hydroxyl groups is 1. The Morgan fingerprint density at radius 3 is 2.59 bits per heavy atom. The van der Waals surface area contributed by atoms with E-state index in [4.69, 9.17) is 9.47 Å². The minimum atomic E-state index is -0.386.